The number of benzene rings is 1. The van der Waals surface area contributed by atoms with Crippen LogP contribution in [0.4, 0.5) is 20.6 Å². The Morgan fingerprint density at radius 3 is 2.69 bits per heavy atom. The first-order valence-corrected chi connectivity index (χ1v) is 10.8. The number of amides is 2. The van der Waals surface area contributed by atoms with Gasteiger partial charge in [-0.1, -0.05) is 6.07 Å². The standard InChI is InChI=1S/C24H24FN5O2/c25-18-4-6-19(7-5-18)28-24(32)29-13-16-11-17(15-29)22-9-8-21(23(31)30(22)14-16)27-12-20-3-1-2-10-26-20/h1-10,16-17,27H,11-15H2,(H,28,32)/t16-,17-/m1/s1. The van der Waals surface area contributed by atoms with Gasteiger partial charge in [0, 0.05) is 43.1 Å². The molecule has 164 valence electrons. The number of nitrogens with zero attached hydrogens (tertiary/aromatic N) is 3. The number of aromatic nitrogens is 2. The maximum Gasteiger partial charge on any atom is 0.321 e. The zero-order valence-electron chi connectivity index (χ0n) is 17.5. The van der Waals surface area contributed by atoms with Crippen LogP contribution in [-0.4, -0.2) is 33.6 Å². The van der Waals surface area contributed by atoms with Crippen molar-refractivity contribution in [3.63, 3.8) is 0 Å². The fraction of sp³-hybridized carbons (Fsp3) is 0.292. The summed E-state index contributed by atoms with van der Waals surface area (Å²) in [6, 6.07) is 15.1. The maximum absolute atomic E-state index is 13.1. The van der Waals surface area contributed by atoms with E-state index in [-0.39, 0.29) is 29.2 Å². The Morgan fingerprint density at radius 1 is 1.06 bits per heavy atom. The molecule has 2 atom stereocenters. The van der Waals surface area contributed by atoms with Gasteiger partial charge in [-0.3, -0.25) is 9.78 Å². The highest BCUT2D eigenvalue weighted by Gasteiger charge is 2.36. The van der Waals surface area contributed by atoms with E-state index in [2.05, 4.69) is 15.6 Å². The molecule has 2 aliphatic heterocycles. The predicted octanol–water partition coefficient (Wildman–Crippen LogP) is 3.65. The normalized spacial score (nSPS) is 19.2. The number of carbonyl (C=O) groups excluding carboxylic acids is 1. The Labute approximate surface area is 184 Å². The minimum Gasteiger partial charge on any atom is -0.375 e. The third kappa shape index (κ3) is 4.08. The van der Waals surface area contributed by atoms with Crippen molar-refractivity contribution in [3.8, 4) is 0 Å². The van der Waals surface area contributed by atoms with Crippen LogP contribution < -0.4 is 16.2 Å². The first-order chi connectivity index (χ1) is 15.6. The number of pyridine rings is 2. The molecule has 1 fully saturated rings. The molecule has 5 rings (SSSR count). The molecule has 7 nitrogen and oxygen atoms in total. The van der Waals surface area contributed by atoms with E-state index in [9.17, 15) is 14.0 Å². The molecule has 0 radical (unpaired) electrons. The molecule has 4 heterocycles. The molecule has 0 aliphatic carbocycles. The lowest BCUT2D eigenvalue weighted by molar-refractivity contribution is 0.139. The molecule has 0 saturated carbocycles. The third-order valence-corrected chi connectivity index (χ3v) is 6.17. The van der Waals surface area contributed by atoms with Gasteiger partial charge in [-0.25, -0.2) is 9.18 Å². The van der Waals surface area contributed by atoms with Gasteiger partial charge in [-0.15, -0.1) is 0 Å². The van der Waals surface area contributed by atoms with Crippen molar-refractivity contribution < 1.29 is 9.18 Å². The molecule has 2 aromatic heterocycles. The summed E-state index contributed by atoms with van der Waals surface area (Å²) in [5, 5.41) is 6.05. The first kappa shape index (κ1) is 20.2. The molecule has 8 heteroatoms. The van der Waals surface area contributed by atoms with Crippen LogP contribution >= 0.6 is 0 Å². The monoisotopic (exact) mass is 433 g/mol. The van der Waals surface area contributed by atoms with Gasteiger partial charge in [0.15, 0.2) is 0 Å². The second-order valence-electron chi connectivity index (χ2n) is 8.40. The molecule has 0 unspecified atom stereocenters. The van der Waals surface area contributed by atoms with Crippen LogP contribution in [-0.2, 0) is 13.1 Å². The average molecular weight is 433 g/mol. The minimum absolute atomic E-state index is 0.0302. The number of halogens is 1. The fourth-order valence-electron chi connectivity index (χ4n) is 4.67. The summed E-state index contributed by atoms with van der Waals surface area (Å²) < 4.78 is 15.0. The SMILES string of the molecule is O=C(Nc1ccc(F)cc1)N1C[C@H]2C[C@H](C1)c1ccc(NCc3ccccn3)c(=O)n1C2. The average Bonchev–Trinajstić information content (AvgIpc) is 2.81. The van der Waals surface area contributed by atoms with E-state index in [1.54, 1.807) is 23.2 Å². The van der Waals surface area contributed by atoms with Crippen molar-refractivity contribution in [2.75, 3.05) is 23.7 Å². The fourth-order valence-corrected chi connectivity index (χ4v) is 4.67. The summed E-state index contributed by atoms with van der Waals surface area (Å²) in [6.45, 7) is 2.20. The molecule has 2 bridgehead atoms. The van der Waals surface area contributed by atoms with Crippen LogP contribution in [0.2, 0.25) is 0 Å². The summed E-state index contributed by atoms with van der Waals surface area (Å²) in [6.07, 6.45) is 2.69. The first-order valence-electron chi connectivity index (χ1n) is 10.8. The zero-order chi connectivity index (χ0) is 22.1. The number of anilines is 2. The molecule has 2 aliphatic rings. The predicted molar refractivity (Wildman–Crippen MR) is 120 cm³/mol. The van der Waals surface area contributed by atoms with Crippen molar-refractivity contribution >= 4 is 17.4 Å². The highest BCUT2D eigenvalue weighted by molar-refractivity contribution is 5.89. The summed E-state index contributed by atoms with van der Waals surface area (Å²) in [7, 11) is 0. The topological polar surface area (TPSA) is 79.3 Å². The van der Waals surface area contributed by atoms with Gasteiger partial charge in [0.25, 0.3) is 5.56 Å². The van der Waals surface area contributed by atoms with Gasteiger partial charge in [-0.2, -0.15) is 0 Å². The van der Waals surface area contributed by atoms with Crippen LogP contribution in [0, 0.1) is 11.7 Å². The zero-order valence-corrected chi connectivity index (χ0v) is 17.5. The number of piperidine rings is 1. The number of likely N-dealkylation sites (tertiary alicyclic amines) is 1. The van der Waals surface area contributed by atoms with Gasteiger partial charge >= 0.3 is 6.03 Å². The summed E-state index contributed by atoms with van der Waals surface area (Å²) in [5.74, 6) is -0.0191. The highest BCUT2D eigenvalue weighted by Crippen LogP contribution is 2.35. The Kier molecular flexibility index (Phi) is 5.34. The number of rotatable bonds is 4. The largest absolute Gasteiger partial charge is 0.375 e. The van der Waals surface area contributed by atoms with Crippen LogP contribution in [0.1, 0.15) is 23.7 Å². The Bertz CT molecular complexity index is 1180. The Balaban J connectivity index is 1.30. The van der Waals surface area contributed by atoms with E-state index in [0.717, 1.165) is 17.8 Å². The van der Waals surface area contributed by atoms with E-state index in [1.165, 1.54) is 12.1 Å². The molecule has 1 saturated heterocycles. The Morgan fingerprint density at radius 2 is 1.91 bits per heavy atom. The lowest BCUT2D eigenvalue weighted by atomic mass is 9.83. The number of urea groups is 1. The van der Waals surface area contributed by atoms with Crippen molar-refractivity contribution in [2.24, 2.45) is 5.92 Å². The molecule has 1 aromatic carbocycles. The number of carbonyl (C=O) groups is 1. The summed E-state index contributed by atoms with van der Waals surface area (Å²) in [5.41, 5.74) is 2.93. The molecule has 3 aromatic rings. The van der Waals surface area contributed by atoms with Crippen LogP contribution in [0.15, 0.2) is 65.6 Å². The van der Waals surface area contributed by atoms with Crippen molar-refractivity contribution in [3.05, 3.63) is 88.4 Å². The number of hydrogen-bond acceptors (Lipinski definition) is 4. The van der Waals surface area contributed by atoms with E-state index < -0.39 is 0 Å². The molecular weight excluding hydrogens is 409 g/mol. The van der Waals surface area contributed by atoms with Gasteiger partial charge in [0.2, 0.25) is 0 Å². The second kappa shape index (κ2) is 8.45. The van der Waals surface area contributed by atoms with Crippen molar-refractivity contribution in [1.82, 2.24) is 14.5 Å². The number of fused-ring (bicyclic) bond motifs is 4. The highest BCUT2D eigenvalue weighted by atomic mass is 19.1. The molecule has 2 amide bonds. The Hall–Kier alpha value is -3.68. The van der Waals surface area contributed by atoms with Crippen LogP contribution in [0.3, 0.4) is 0 Å². The molecule has 0 spiro atoms. The summed E-state index contributed by atoms with van der Waals surface area (Å²) in [4.78, 5) is 32.0. The lowest BCUT2D eigenvalue weighted by Gasteiger charge is -2.42. The third-order valence-electron chi connectivity index (χ3n) is 6.17. The van der Waals surface area contributed by atoms with Crippen molar-refractivity contribution in [2.45, 2.75) is 25.4 Å². The van der Waals surface area contributed by atoms with E-state index >= 15 is 0 Å². The van der Waals surface area contributed by atoms with E-state index in [4.69, 9.17) is 0 Å². The summed E-state index contributed by atoms with van der Waals surface area (Å²) >= 11 is 0. The minimum atomic E-state index is -0.341. The van der Waals surface area contributed by atoms with E-state index in [0.29, 0.717) is 37.6 Å². The smallest absolute Gasteiger partial charge is 0.321 e. The quantitative estimate of drug-likeness (QED) is 0.658. The molecule has 32 heavy (non-hydrogen) atoms. The second-order valence-corrected chi connectivity index (χ2v) is 8.40. The van der Waals surface area contributed by atoms with Gasteiger partial charge < -0.3 is 20.1 Å². The van der Waals surface area contributed by atoms with Gasteiger partial charge in [0.05, 0.1) is 12.2 Å². The van der Waals surface area contributed by atoms with Gasteiger partial charge in [-0.05, 0) is 60.9 Å². The van der Waals surface area contributed by atoms with Crippen molar-refractivity contribution in [1.29, 1.82) is 0 Å². The molecular formula is C24H24FN5O2. The molecule has 2 N–H and O–H groups in total. The van der Waals surface area contributed by atoms with Crippen LogP contribution in [0.5, 0.6) is 0 Å². The van der Waals surface area contributed by atoms with Crippen LogP contribution in [0.25, 0.3) is 0 Å². The number of nitrogens with one attached hydrogen (secondary N) is 2. The van der Waals surface area contributed by atoms with Gasteiger partial charge in [0.1, 0.15) is 11.5 Å². The van der Waals surface area contributed by atoms with E-state index in [1.807, 2.05) is 34.9 Å². The lowest BCUT2D eigenvalue weighted by Crippen LogP contribution is -2.50. The maximum atomic E-state index is 13.1. The number of hydrogen-bond donors (Lipinski definition) is 2.